The zero-order chi connectivity index (χ0) is 11.9. The smallest absolute Gasteiger partial charge is 0.247 e. The van der Waals surface area contributed by atoms with Crippen LogP contribution < -0.4 is 0 Å². The molecule has 0 amide bonds. The molecule has 0 bridgehead atoms. The summed E-state index contributed by atoms with van der Waals surface area (Å²) in [4.78, 5) is 0. The van der Waals surface area contributed by atoms with E-state index in [0.717, 1.165) is 0 Å². The molecule has 0 spiro atoms. The van der Waals surface area contributed by atoms with Crippen molar-refractivity contribution in [1.82, 2.24) is 19.3 Å². The van der Waals surface area contributed by atoms with Gasteiger partial charge in [0.1, 0.15) is 4.21 Å². The van der Waals surface area contributed by atoms with Crippen molar-refractivity contribution in [3.8, 4) is 0 Å². The van der Waals surface area contributed by atoms with E-state index in [1.54, 1.807) is 34.6 Å². The molecule has 90 valence electrons. The molecule has 0 radical (unpaired) electrons. The molecule has 0 saturated carbocycles. The van der Waals surface area contributed by atoms with Crippen LogP contribution in [0.2, 0.25) is 0 Å². The summed E-state index contributed by atoms with van der Waals surface area (Å²) >= 11 is 1.24. The van der Waals surface area contributed by atoms with Gasteiger partial charge in [-0.05, 0) is 11.4 Å². The minimum absolute atomic E-state index is 0.104. The molecule has 0 unspecified atom stereocenters. The Kier molecular flexibility index (Phi) is 2.49. The molecule has 0 aromatic carbocycles. The lowest BCUT2D eigenvalue weighted by atomic mass is 10.2. The van der Waals surface area contributed by atoms with Crippen LogP contribution in [0.15, 0.2) is 34.1 Å². The number of hydrogen-bond donors (Lipinski definition) is 0. The Morgan fingerprint density at radius 2 is 2.24 bits per heavy atom. The van der Waals surface area contributed by atoms with Crippen LogP contribution in [0.25, 0.3) is 0 Å². The second-order valence-electron chi connectivity index (χ2n) is 3.79. The summed E-state index contributed by atoms with van der Waals surface area (Å²) in [5.74, 6) is 0. The number of sulfonamides is 1. The van der Waals surface area contributed by atoms with Gasteiger partial charge >= 0.3 is 0 Å². The van der Waals surface area contributed by atoms with Gasteiger partial charge in [-0.25, -0.2) is 13.1 Å². The highest BCUT2D eigenvalue weighted by Crippen LogP contribution is 2.29. The van der Waals surface area contributed by atoms with Crippen LogP contribution in [-0.4, -0.2) is 40.8 Å². The van der Waals surface area contributed by atoms with Crippen LogP contribution in [0.3, 0.4) is 0 Å². The Bertz CT molecular complexity index is 585. The number of hydrogen-bond acceptors (Lipinski definition) is 5. The summed E-state index contributed by atoms with van der Waals surface area (Å²) in [7, 11) is -3.29. The van der Waals surface area contributed by atoms with Crippen molar-refractivity contribution in [3.05, 3.63) is 29.9 Å². The molecule has 3 heterocycles. The van der Waals surface area contributed by atoms with Gasteiger partial charge in [-0.2, -0.15) is 4.31 Å². The average Bonchev–Trinajstić information content (AvgIpc) is 2.87. The van der Waals surface area contributed by atoms with Crippen LogP contribution in [0.1, 0.15) is 6.04 Å². The lowest BCUT2D eigenvalue weighted by Gasteiger charge is -2.37. The van der Waals surface area contributed by atoms with E-state index in [-0.39, 0.29) is 6.04 Å². The Balaban J connectivity index is 1.74. The predicted molar refractivity (Wildman–Crippen MR) is 62.1 cm³/mol. The molecule has 2 aromatic heterocycles. The molecule has 1 aliphatic heterocycles. The summed E-state index contributed by atoms with van der Waals surface area (Å²) in [6, 6.07) is 3.47. The maximum Gasteiger partial charge on any atom is 0.252 e. The van der Waals surface area contributed by atoms with Crippen molar-refractivity contribution in [2.24, 2.45) is 0 Å². The summed E-state index contributed by atoms with van der Waals surface area (Å²) in [5.41, 5.74) is 0. The normalized spacial score (nSPS) is 18.1. The third-order valence-electron chi connectivity index (χ3n) is 2.73. The van der Waals surface area contributed by atoms with Gasteiger partial charge in [-0.15, -0.1) is 16.4 Å². The maximum absolute atomic E-state index is 12.1. The second kappa shape index (κ2) is 3.90. The highest BCUT2D eigenvalue weighted by molar-refractivity contribution is 7.91. The van der Waals surface area contributed by atoms with Gasteiger partial charge in [0.2, 0.25) is 0 Å². The Morgan fingerprint density at radius 1 is 1.41 bits per heavy atom. The molecule has 0 atom stereocenters. The molecule has 1 saturated heterocycles. The molecule has 3 rings (SSSR count). The molecule has 17 heavy (non-hydrogen) atoms. The monoisotopic (exact) mass is 270 g/mol. The number of aromatic nitrogens is 3. The van der Waals surface area contributed by atoms with Crippen molar-refractivity contribution >= 4 is 21.4 Å². The predicted octanol–water partition coefficient (Wildman–Crippen LogP) is 0.585. The van der Waals surface area contributed by atoms with E-state index >= 15 is 0 Å². The Hall–Kier alpha value is -1.25. The zero-order valence-corrected chi connectivity index (χ0v) is 10.4. The molecule has 6 nitrogen and oxygen atoms in total. The molecular weight excluding hydrogens is 260 g/mol. The Morgan fingerprint density at radius 3 is 2.82 bits per heavy atom. The first-order valence-electron chi connectivity index (χ1n) is 5.07. The number of thiophene rings is 1. The summed E-state index contributed by atoms with van der Waals surface area (Å²) in [5, 5.41) is 9.34. The van der Waals surface area contributed by atoms with E-state index in [1.807, 2.05) is 0 Å². The SMILES string of the molecule is O=S(=O)(c1cccs1)N1CC(n2ccnn2)C1. The van der Waals surface area contributed by atoms with E-state index in [9.17, 15) is 8.42 Å². The van der Waals surface area contributed by atoms with E-state index in [1.165, 1.54) is 15.6 Å². The molecular formula is C9H10N4O2S2. The summed E-state index contributed by atoms with van der Waals surface area (Å²) < 4.78 is 27.7. The van der Waals surface area contributed by atoms with Crippen molar-refractivity contribution in [3.63, 3.8) is 0 Å². The minimum Gasteiger partial charge on any atom is -0.247 e. The van der Waals surface area contributed by atoms with Crippen LogP contribution in [-0.2, 0) is 10.0 Å². The lowest BCUT2D eigenvalue weighted by molar-refractivity contribution is 0.189. The first kappa shape index (κ1) is 10.9. The van der Waals surface area contributed by atoms with E-state index < -0.39 is 10.0 Å². The standard InChI is InChI=1S/C9H10N4O2S2/c14-17(15,9-2-1-5-16-9)12-6-8(7-12)13-4-3-10-11-13/h1-5,8H,6-7H2. The van der Waals surface area contributed by atoms with Gasteiger partial charge in [0.05, 0.1) is 12.2 Å². The van der Waals surface area contributed by atoms with Gasteiger partial charge in [0.15, 0.2) is 0 Å². The van der Waals surface area contributed by atoms with Crippen molar-refractivity contribution in [1.29, 1.82) is 0 Å². The topological polar surface area (TPSA) is 68.1 Å². The van der Waals surface area contributed by atoms with Crippen LogP contribution in [0.5, 0.6) is 0 Å². The molecule has 0 N–H and O–H groups in total. The third kappa shape index (κ3) is 1.78. The first-order valence-corrected chi connectivity index (χ1v) is 7.39. The van der Waals surface area contributed by atoms with Crippen molar-refractivity contribution in [2.45, 2.75) is 10.3 Å². The largest absolute Gasteiger partial charge is 0.252 e. The first-order chi connectivity index (χ1) is 8.18. The van der Waals surface area contributed by atoms with Crippen molar-refractivity contribution < 1.29 is 8.42 Å². The van der Waals surface area contributed by atoms with Gasteiger partial charge in [0.25, 0.3) is 10.0 Å². The van der Waals surface area contributed by atoms with Gasteiger partial charge in [-0.1, -0.05) is 11.3 Å². The fourth-order valence-corrected chi connectivity index (χ4v) is 4.39. The molecule has 0 aliphatic carbocycles. The van der Waals surface area contributed by atoms with Gasteiger partial charge < -0.3 is 0 Å². The summed E-state index contributed by atoms with van der Waals surface area (Å²) in [6.07, 6.45) is 3.34. The molecule has 1 aliphatic rings. The minimum atomic E-state index is -3.29. The van der Waals surface area contributed by atoms with Crippen molar-refractivity contribution in [2.75, 3.05) is 13.1 Å². The fraction of sp³-hybridized carbons (Fsp3) is 0.333. The van der Waals surface area contributed by atoms with Crippen LogP contribution >= 0.6 is 11.3 Å². The number of nitrogens with zero attached hydrogens (tertiary/aromatic N) is 4. The average molecular weight is 270 g/mol. The molecule has 2 aromatic rings. The molecule has 1 fully saturated rings. The zero-order valence-electron chi connectivity index (χ0n) is 8.80. The fourth-order valence-electron chi connectivity index (χ4n) is 1.73. The van der Waals surface area contributed by atoms with Crippen LogP contribution in [0.4, 0.5) is 0 Å². The third-order valence-corrected chi connectivity index (χ3v) is 5.94. The lowest BCUT2D eigenvalue weighted by Crippen LogP contribution is -2.50. The summed E-state index contributed by atoms with van der Waals surface area (Å²) in [6.45, 7) is 0.924. The number of rotatable bonds is 3. The highest BCUT2D eigenvalue weighted by Gasteiger charge is 2.38. The van der Waals surface area contributed by atoms with E-state index in [2.05, 4.69) is 10.3 Å². The van der Waals surface area contributed by atoms with Gasteiger partial charge in [-0.3, -0.25) is 0 Å². The Labute approximate surface area is 103 Å². The second-order valence-corrected chi connectivity index (χ2v) is 6.90. The van der Waals surface area contributed by atoms with Gasteiger partial charge in [0, 0.05) is 19.3 Å². The maximum atomic E-state index is 12.1. The van der Waals surface area contributed by atoms with E-state index in [0.29, 0.717) is 17.3 Å². The molecule has 8 heteroatoms. The quantitative estimate of drug-likeness (QED) is 0.818. The van der Waals surface area contributed by atoms with E-state index in [4.69, 9.17) is 0 Å². The highest BCUT2D eigenvalue weighted by atomic mass is 32.2. The van der Waals surface area contributed by atoms with Crippen LogP contribution in [0, 0.1) is 0 Å².